The maximum absolute atomic E-state index is 6.64. The number of nitrogens with one attached hydrogen (secondary N) is 1. The van der Waals surface area contributed by atoms with Crippen molar-refractivity contribution >= 4 is 46.4 Å². The van der Waals surface area contributed by atoms with Crippen LogP contribution in [0.3, 0.4) is 0 Å². The van der Waals surface area contributed by atoms with Gasteiger partial charge in [-0.1, -0.05) is 46.9 Å². The van der Waals surface area contributed by atoms with E-state index in [9.17, 15) is 0 Å². The summed E-state index contributed by atoms with van der Waals surface area (Å²) in [5, 5.41) is 9.60. The molecule has 2 atom stereocenters. The Labute approximate surface area is 198 Å². The summed E-state index contributed by atoms with van der Waals surface area (Å²) in [6, 6.07) is 14.5. The average Bonchev–Trinajstić information content (AvgIpc) is 3.26. The van der Waals surface area contributed by atoms with Gasteiger partial charge in [-0.15, -0.1) is 0 Å². The first-order valence-corrected chi connectivity index (χ1v) is 11.0. The number of hydrogen-bond donors (Lipinski definition) is 1. The molecule has 2 aliphatic heterocycles. The van der Waals surface area contributed by atoms with Crippen molar-refractivity contribution in [1.29, 1.82) is 0 Å². The molecule has 4 heterocycles. The second-order valence-corrected chi connectivity index (χ2v) is 8.76. The van der Waals surface area contributed by atoms with E-state index in [1.165, 1.54) is 6.33 Å². The number of rotatable bonds is 2. The molecule has 32 heavy (non-hydrogen) atoms. The molecule has 158 valence electrons. The topological polar surface area (TPSA) is 64.9 Å². The van der Waals surface area contributed by atoms with Gasteiger partial charge in [-0.2, -0.15) is 10.1 Å². The Balaban J connectivity index is 1.65. The average molecular weight is 483 g/mol. The van der Waals surface area contributed by atoms with Crippen LogP contribution in [0.1, 0.15) is 28.8 Å². The molecular formula is C23H14Cl3N5O. The fourth-order valence-corrected chi connectivity index (χ4v) is 4.95. The second kappa shape index (κ2) is 7.52. The molecule has 0 saturated heterocycles. The molecule has 2 unspecified atom stereocenters. The van der Waals surface area contributed by atoms with Crippen LogP contribution in [0.2, 0.25) is 15.1 Å². The van der Waals surface area contributed by atoms with Crippen LogP contribution in [0.5, 0.6) is 5.75 Å². The van der Waals surface area contributed by atoms with Crippen LogP contribution in [-0.2, 0) is 0 Å². The lowest BCUT2D eigenvalue weighted by Crippen LogP contribution is -2.32. The number of nitrogens with zero attached hydrogens (tertiary/aromatic N) is 4. The number of aromatic nitrogens is 4. The van der Waals surface area contributed by atoms with E-state index in [1.54, 1.807) is 24.4 Å². The first-order chi connectivity index (χ1) is 15.6. The summed E-state index contributed by atoms with van der Waals surface area (Å²) in [6.45, 7) is 0. The lowest BCUT2D eigenvalue weighted by molar-refractivity contribution is 0.223. The van der Waals surface area contributed by atoms with Crippen molar-refractivity contribution in [1.82, 2.24) is 19.7 Å². The predicted octanol–water partition coefficient (Wildman–Crippen LogP) is 6.19. The van der Waals surface area contributed by atoms with E-state index in [0.717, 1.165) is 28.0 Å². The van der Waals surface area contributed by atoms with Crippen molar-refractivity contribution in [3.63, 3.8) is 0 Å². The number of fused-ring (bicyclic) bond motifs is 3. The highest BCUT2D eigenvalue weighted by atomic mass is 35.5. The summed E-state index contributed by atoms with van der Waals surface area (Å²) in [6.07, 6.45) is 4.58. The first-order valence-electron chi connectivity index (χ1n) is 9.82. The van der Waals surface area contributed by atoms with E-state index in [1.807, 2.05) is 41.2 Å². The Morgan fingerprint density at radius 1 is 1.00 bits per heavy atom. The van der Waals surface area contributed by atoms with Crippen molar-refractivity contribution in [2.75, 3.05) is 5.32 Å². The number of pyridine rings is 1. The fourth-order valence-electron chi connectivity index (χ4n) is 4.27. The Morgan fingerprint density at radius 3 is 2.66 bits per heavy atom. The Hall–Kier alpha value is -3.06. The molecule has 0 radical (unpaired) electrons. The molecule has 0 spiro atoms. The molecule has 9 heteroatoms. The van der Waals surface area contributed by atoms with Crippen molar-refractivity contribution in [3.8, 4) is 5.75 Å². The number of anilines is 1. The summed E-state index contributed by atoms with van der Waals surface area (Å²) < 4.78 is 8.37. The van der Waals surface area contributed by atoms with Crippen LogP contribution >= 0.6 is 34.8 Å². The standard InChI is InChI=1S/C23H14Cl3N5O/c24-13-4-6-18-16(8-13)20-19(22(32-18)15-5-3-14(25)9-17(15)26)21(12-2-1-7-27-10-12)31-23(30-20)28-11-29-31/h1-11,21-22H,(H,28,29,30). The van der Waals surface area contributed by atoms with E-state index < -0.39 is 6.10 Å². The van der Waals surface area contributed by atoms with Gasteiger partial charge >= 0.3 is 0 Å². The predicted molar refractivity (Wildman–Crippen MR) is 124 cm³/mol. The first kappa shape index (κ1) is 19.6. The lowest BCUT2D eigenvalue weighted by atomic mass is 9.85. The highest BCUT2D eigenvalue weighted by molar-refractivity contribution is 6.35. The van der Waals surface area contributed by atoms with Gasteiger partial charge in [0.05, 0.1) is 5.70 Å². The molecular weight excluding hydrogens is 469 g/mol. The lowest BCUT2D eigenvalue weighted by Gasteiger charge is -2.39. The van der Waals surface area contributed by atoms with Crippen LogP contribution in [0.25, 0.3) is 5.70 Å². The SMILES string of the molecule is Clc1ccc(C2Oc3ccc(Cl)cc3C3=C2C(c2cccnc2)n2ncnc2N3)c(Cl)c1. The van der Waals surface area contributed by atoms with Gasteiger partial charge in [0.15, 0.2) is 6.10 Å². The molecule has 2 aromatic heterocycles. The minimum atomic E-state index is -0.501. The molecule has 2 aliphatic rings. The summed E-state index contributed by atoms with van der Waals surface area (Å²) in [5.74, 6) is 1.31. The van der Waals surface area contributed by atoms with Gasteiger partial charge in [0, 0.05) is 44.2 Å². The summed E-state index contributed by atoms with van der Waals surface area (Å²) in [5.41, 5.74) is 4.37. The number of benzene rings is 2. The molecule has 0 fully saturated rings. The van der Waals surface area contributed by atoms with Crippen LogP contribution < -0.4 is 10.1 Å². The van der Waals surface area contributed by atoms with Gasteiger partial charge < -0.3 is 10.1 Å². The summed E-state index contributed by atoms with van der Waals surface area (Å²) in [4.78, 5) is 8.74. The molecule has 0 aliphatic carbocycles. The van der Waals surface area contributed by atoms with E-state index in [0.29, 0.717) is 26.8 Å². The zero-order chi connectivity index (χ0) is 21.8. The minimum absolute atomic E-state index is 0.318. The number of ether oxygens (including phenoxy) is 1. The molecule has 6 rings (SSSR count). The monoisotopic (exact) mass is 481 g/mol. The molecule has 1 N–H and O–H groups in total. The van der Waals surface area contributed by atoms with E-state index in [4.69, 9.17) is 39.5 Å². The maximum atomic E-state index is 6.64. The number of hydrogen-bond acceptors (Lipinski definition) is 5. The van der Waals surface area contributed by atoms with Gasteiger partial charge in [-0.3, -0.25) is 4.98 Å². The van der Waals surface area contributed by atoms with Crippen LogP contribution in [-0.4, -0.2) is 19.7 Å². The van der Waals surface area contributed by atoms with Crippen molar-refractivity contribution in [3.05, 3.63) is 105 Å². The highest BCUT2D eigenvalue weighted by Gasteiger charge is 2.41. The van der Waals surface area contributed by atoms with Crippen molar-refractivity contribution < 1.29 is 4.74 Å². The van der Waals surface area contributed by atoms with E-state index in [2.05, 4.69) is 20.4 Å². The van der Waals surface area contributed by atoms with Crippen LogP contribution in [0.4, 0.5) is 5.95 Å². The normalized spacial score (nSPS) is 18.8. The quantitative estimate of drug-likeness (QED) is 0.369. The maximum Gasteiger partial charge on any atom is 0.226 e. The molecule has 6 nitrogen and oxygen atoms in total. The van der Waals surface area contributed by atoms with E-state index in [-0.39, 0.29) is 6.04 Å². The third-order valence-corrected chi connectivity index (χ3v) is 6.42. The molecule has 0 amide bonds. The van der Waals surface area contributed by atoms with Gasteiger partial charge in [0.1, 0.15) is 18.1 Å². The zero-order valence-corrected chi connectivity index (χ0v) is 18.6. The van der Waals surface area contributed by atoms with Crippen molar-refractivity contribution in [2.24, 2.45) is 0 Å². The van der Waals surface area contributed by atoms with Crippen LogP contribution in [0.15, 0.2) is 72.8 Å². The Kier molecular flexibility index (Phi) is 4.61. The smallest absolute Gasteiger partial charge is 0.226 e. The molecule has 0 bridgehead atoms. The number of halogens is 3. The molecule has 2 aromatic carbocycles. The Morgan fingerprint density at radius 2 is 1.84 bits per heavy atom. The summed E-state index contributed by atoms with van der Waals surface area (Å²) >= 11 is 19.2. The van der Waals surface area contributed by atoms with Gasteiger partial charge in [0.2, 0.25) is 5.95 Å². The molecule has 4 aromatic rings. The Bertz CT molecular complexity index is 1390. The van der Waals surface area contributed by atoms with Gasteiger partial charge in [0.25, 0.3) is 0 Å². The summed E-state index contributed by atoms with van der Waals surface area (Å²) in [7, 11) is 0. The second-order valence-electron chi connectivity index (χ2n) is 7.48. The fraction of sp³-hybridized carbons (Fsp3) is 0.0870. The third kappa shape index (κ3) is 3.06. The van der Waals surface area contributed by atoms with Crippen LogP contribution in [0, 0.1) is 0 Å². The largest absolute Gasteiger partial charge is 0.480 e. The van der Waals surface area contributed by atoms with E-state index >= 15 is 0 Å². The third-order valence-electron chi connectivity index (χ3n) is 5.62. The highest BCUT2D eigenvalue weighted by Crippen LogP contribution is 2.51. The van der Waals surface area contributed by atoms with Gasteiger partial charge in [-0.05, 0) is 42.0 Å². The minimum Gasteiger partial charge on any atom is -0.480 e. The zero-order valence-electron chi connectivity index (χ0n) is 16.3. The van der Waals surface area contributed by atoms with Gasteiger partial charge in [-0.25, -0.2) is 4.68 Å². The molecule has 0 saturated carbocycles. The van der Waals surface area contributed by atoms with Crippen molar-refractivity contribution in [2.45, 2.75) is 12.1 Å².